The van der Waals surface area contributed by atoms with Crippen molar-refractivity contribution in [3.63, 3.8) is 0 Å². The number of carbonyl (C=O) groups is 2. The highest BCUT2D eigenvalue weighted by Gasteiger charge is 2.16. The molecule has 34 heavy (non-hydrogen) atoms. The fourth-order valence-corrected chi connectivity index (χ4v) is 4.09. The predicted molar refractivity (Wildman–Crippen MR) is 132 cm³/mol. The Labute approximate surface area is 202 Å². The van der Waals surface area contributed by atoms with Crippen LogP contribution in [-0.2, 0) is 17.8 Å². The summed E-state index contributed by atoms with van der Waals surface area (Å²) in [5.41, 5.74) is 8.71. The summed E-state index contributed by atoms with van der Waals surface area (Å²) < 4.78 is 2.03. The molecule has 0 saturated heterocycles. The van der Waals surface area contributed by atoms with Gasteiger partial charge in [-0.25, -0.2) is 0 Å². The Balaban J connectivity index is 1.40. The zero-order chi connectivity index (χ0) is 23.8. The molecule has 0 fully saturated rings. The molecule has 0 unspecified atom stereocenters. The van der Waals surface area contributed by atoms with E-state index in [0.29, 0.717) is 23.7 Å². The first-order valence-corrected chi connectivity index (χ1v) is 11.9. The molecule has 0 radical (unpaired) electrons. The SMILES string of the molecule is Cc1ccc(C(=O)NNC(=O)CSc2nnc(Cc3ccccc3)n2Cc2ccccc2)cc1. The Morgan fingerprint density at radius 3 is 2.15 bits per heavy atom. The number of aromatic nitrogens is 3. The quantitative estimate of drug-likeness (QED) is 0.302. The maximum absolute atomic E-state index is 12.4. The fourth-order valence-electron chi connectivity index (χ4n) is 3.33. The molecule has 0 aliphatic carbocycles. The highest BCUT2D eigenvalue weighted by Crippen LogP contribution is 2.20. The minimum absolute atomic E-state index is 0.0897. The van der Waals surface area contributed by atoms with Crippen LogP contribution in [0.25, 0.3) is 0 Å². The lowest BCUT2D eigenvalue weighted by Crippen LogP contribution is -2.42. The Morgan fingerprint density at radius 2 is 1.47 bits per heavy atom. The van der Waals surface area contributed by atoms with E-state index < -0.39 is 0 Å². The number of amides is 2. The first-order valence-electron chi connectivity index (χ1n) is 10.9. The van der Waals surface area contributed by atoms with Gasteiger partial charge in [0.15, 0.2) is 5.16 Å². The summed E-state index contributed by atoms with van der Waals surface area (Å²) in [6.45, 7) is 2.55. The summed E-state index contributed by atoms with van der Waals surface area (Å²) in [4.78, 5) is 24.6. The molecule has 0 spiro atoms. The Morgan fingerprint density at radius 1 is 0.824 bits per heavy atom. The van der Waals surface area contributed by atoms with E-state index in [0.717, 1.165) is 22.5 Å². The minimum atomic E-state index is -0.365. The number of rotatable bonds is 8. The van der Waals surface area contributed by atoms with Crippen molar-refractivity contribution in [2.45, 2.75) is 25.0 Å². The van der Waals surface area contributed by atoms with Crippen molar-refractivity contribution in [1.82, 2.24) is 25.6 Å². The second kappa shape index (κ2) is 11.3. The van der Waals surface area contributed by atoms with E-state index in [1.54, 1.807) is 12.1 Å². The number of thioether (sulfide) groups is 1. The van der Waals surface area contributed by atoms with Crippen LogP contribution in [0.15, 0.2) is 90.1 Å². The summed E-state index contributed by atoms with van der Waals surface area (Å²) in [6, 6.07) is 27.3. The van der Waals surface area contributed by atoms with E-state index in [9.17, 15) is 9.59 Å². The van der Waals surface area contributed by atoms with Gasteiger partial charge in [-0.05, 0) is 30.2 Å². The van der Waals surface area contributed by atoms with Crippen molar-refractivity contribution in [3.8, 4) is 0 Å². The lowest BCUT2D eigenvalue weighted by atomic mass is 10.1. The van der Waals surface area contributed by atoms with Crippen LogP contribution in [0.3, 0.4) is 0 Å². The number of hydrogen-bond donors (Lipinski definition) is 2. The normalized spacial score (nSPS) is 10.6. The van der Waals surface area contributed by atoms with Crippen LogP contribution in [0.1, 0.15) is 32.9 Å². The van der Waals surface area contributed by atoms with Gasteiger partial charge in [-0.1, -0.05) is 90.1 Å². The molecule has 4 aromatic rings. The fraction of sp³-hybridized carbons (Fsp3) is 0.154. The first-order chi connectivity index (χ1) is 16.6. The second-order valence-electron chi connectivity index (χ2n) is 7.79. The molecule has 1 aromatic heterocycles. The van der Waals surface area contributed by atoms with Crippen LogP contribution in [0, 0.1) is 6.92 Å². The summed E-state index contributed by atoms with van der Waals surface area (Å²) in [7, 11) is 0. The number of carbonyl (C=O) groups excluding carboxylic acids is 2. The molecule has 3 aromatic carbocycles. The minimum Gasteiger partial charge on any atom is -0.301 e. The number of nitrogens with one attached hydrogen (secondary N) is 2. The third kappa shape index (κ3) is 6.32. The van der Waals surface area contributed by atoms with Crippen molar-refractivity contribution < 1.29 is 9.59 Å². The molecule has 1 heterocycles. The van der Waals surface area contributed by atoms with Crippen LogP contribution >= 0.6 is 11.8 Å². The summed E-state index contributed by atoms with van der Waals surface area (Å²) in [5.74, 6) is 0.220. The molecule has 0 bridgehead atoms. The van der Waals surface area contributed by atoms with E-state index in [1.807, 2.05) is 72.2 Å². The highest BCUT2D eigenvalue weighted by molar-refractivity contribution is 7.99. The maximum Gasteiger partial charge on any atom is 0.269 e. The zero-order valence-electron chi connectivity index (χ0n) is 18.8. The van der Waals surface area contributed by atoms with Crippen molar-refractivity contribution >= 4 is 23.6 Å². The van der Waals surface area contributed by atoms with Crippen molar-refractivity contribution in [3.05, 3.63) is 113 Å². The van der Waals surface area contributed by atoms with Gasteiger partial charge in [0.2, 0.25) is 5.91 Å². The van der Waals surface area contributed by atoms with Gasteiger partial charge in [-0.2, -0.15) is 0 Å². The van der Waals surface area contributed by atoms with Crippen LogP contribution in [0.4, 0.5) is 0 Å². The number of benzene rings is 3. The molecule has 2 amide bonds. The van der Waals surface area contributed by atoms with E-state index >= 15 is 0 Å². The molecule has 0 saturated carbocycles. The largest absolute Gasteiger partial charge is 0.301 e. The van der Waals surface area contributed by atoms with Crippen LogP contribution in [0.5, 0.6) is 0 Å². The molecule has 8 heteroatoms. The van der Waals surface area contributed by atoms with Gasteiger partial charge in [-0.15, -0.1) is 10.2 Å². The van der Waals surface area contributed by atoms with Gasteiger partial charge >= 0.3 is 0 Å². The summed E-state index contributed by atoms with van der Waals surface area (Å²) in [5, 5.41) is 9.39. The molecule has 2 N–H and O–H groups in total. The van der Waals surface area contributed by atoms with Crippen LogP contribution in [0.2, 0.25) is 0 Å². The monoisotopic (exact) mass is 471 g/mol. The Hall–Kier alpha value is -3.91. The van der Waals surface area contributed by atoms with E-state index in [2.05, 4.69) is 33.2 Å². The van der Waals surface area contributed by atoms with Crippen LogP contribution in [-0.4, -0.2) is 32.3 Å². The molecule has 172 valence electrons. The van der Waals surface area contributed by atoms with E-state index in [-0.39, 0.29) is 17.6 Å². The number of nitrogens with zero attached hydrogens (tertiary/aromatic N) is 3. The molecule has 0 atom stereocenters. The molecule has 0 aliphatic heterocycles. The van der Waals surface area contributed by atoms with Gasteiger partial charge < -0.3 is 4.57 Å². The molecular formula is C26H25N5O2S. The number of aryl methyl sites for hydroxylation is 1. The Bertz CT molecular complexity index is 1240. The van der Waals surface area contributed by atoms with Crippen molar-refractivity contribution in [2.24, 2.45) is 0 Å². The standard InChI is InChI=1S/C26H25N5O2S/c1-19-12-14-22(15-13-19)25(33)29-28-24(32)18-34-26-30-27-23(16-20-8-4-2-5-9-20)31(26)17-21-10-6-3-7-11-21/h2-15H,16-18H2,1H3,(H,28,32)(H,29,33). The zero-order valence-corrected chi connectivity index (χ0v) is 19.6. The van der Waals surface area contributed by atoms with Gasteiger partial charge in [0.05, 0.1) is 12.3 Å². The second-order valence-corrected chi connectivity index (χ2v) is 8.73. The summed E-state index contributed by atoms with van der Waals surface area (Å²) in [6.07, 6.45) is 0.639. The third-order valence-electron chi connectivity index (χ3n) is 5.14. The molecule has 0 aliphatic rings. The van der Waals surface area contributed by atoms with E-state index in [1.165, 1.54) is 11.8 Å². The lowest BCUT2D eigenvalue weighted by Gasteiger charge is -2.11. The summed E-state index contributed by atoms with van der Waals surface area (Å²) >= 11 is 1.28. The van der Waals surface area contributed by atoms with E-state index in [4.69, 9.17) is 0 Å². The average molecular weight is 472 g/mol. The predicted octanol–water partition coefficient (Wildman–Crippen LogP) is 3.78. The number of hydrogen-bond acceptors (Lipinski definition) is 5. The topological polar surface area (TPSA) is 88.9 Å². The van der Waals surface area contributed by atoms with Gasteiger partial charge in [0, 0.05) is 12.0 Å². The lowest BCUT2D eigenvalue weighted by molar-refractivity contribution is -0.119. The Kier molecular flexibility index (Phi) is 7.72. The number of hydrazine groups is 1. The smallest absolute Gasteiger partial charge is 0.269 e. The van der Waals surface area contributed by atoms with Gasteiger partial charge in [0.1, 0.15) is 5.82 Å². The average Bonchev–Trinajstić information content (AvgIpc) is 3.23. The maximum atomic E-state index is 12.4. The van der Waals surface area contributed by atoms with Gasteiger partial charge in [-0.3, -0.25) is 20.4 Å². The molecular weight excluding hydrogens is 446 g/mol. The molecule has 4 rings (SSSR count). The molecule has 7 nitrogen and oxygen atoms in total. The van der Waals surface area contributed by atoms with Crippen molar-refractivity contribution in [2.75, 3.05) is 5.75 Å². The highest BCUT2D eigenvalue weighted by atomic mass is 32.2. The van der Waals surface area contributed by atoms with Crippen LogP contribution < -0.4 is 10.9 Å². The van der Waals surface area contributed by atoms with Gasteiger partial charge in [0.25, 0.3) is 5.91 Å². The first kappa shape index (κ1) is 23.3. The third-order valence-corrected chi connectivity index (χ3v) is 6.11. The van der Waals surface area contributed by atoms with Crippen molar-refractivity contribution in [1.29, 1.82) is 0 Å².